The van der Waals surface area contributed by atoms with Gasteiger partial charge in [-0.25, -0.2) is 13.2 Å². The lowest BCUT2D eigenvalue weighted by molar-refractivity contribution is -0.141. The molecule has 120 valence electrons. The summed E-state index contributed by atoms with van der Waals surface area (Å²) in [6.07, 6.45) is -0.655. The Balaban J connectivity index is 1.98. The van der Waals surface area contributed by atoms with Gasteiger partial charge in [0.05, 0.1) is 30.6 Å². The second-order valence-corrected chi connectivity index (χ2v) is 7.70. The van der Waals surface area contributed by atoms with Crippen LogP contribution in [0.1, 0.15) is 13.3 Å². The normalized spacial score (nSPS) is 29.2. The number of carboxylic acid groups (broad SMARTS) is 1. The van der Waals surface area contributed by atoms with E-state index in [1.807, 2.05) is 0 Å². The first kappa shape index (κ1) is 16.0. The number of carbonyl (C=O) groups excluding carboxylic acids is 1. The van der Waals surface area contributed by atoms with Crippen molar-refractivity contribution < 1.29 is 27.9 Å². The quantitative estimate of drug-likeness (QED) is 0.728. The van der Waals surface area contributed by atoms with Crippen molar-refractivity contribution in [1.82, 2.24) is 9.80 Å². The van der Waals surface area contributed by atoms with Crippen molar-refractivity contribution in [2.45, 2.75) is 25.5 Å². The molecule has 2 fully saturated rings. The van der Waals surface area contributed by atoms with Crippen LogP contribution in [0, 0.1) is 0 Å². The van der Waals surface area contributed by atoms with E-state index in [0.717, 1.165) is 0 Å². The molecule has 2 heterocycles. The van der Waals surface area contributed by atoms with Crippen molar-refractivity contribution >= 4 is 21.8 Å². The molecule has 0 spiro atoms. The lowest BCUT2D eigenvalue weighted by Crippen LogP contribution is -2.57. The van der Waals surface area contributed by atoms with E-state index in [0.29, 0.717) is 13.2 Å². The number of sulfone groups is 1. The smallest absolute Gasteiger partial charge is 0.320 e. The second kappa shape index (κ2) is 6.18. The Morgan fingerprint density at radius 2 is 2.05 bits per heavy atom. The first-order valence-electron chi connectivity index (χ1n) is 6.88. The zero-order valence-electron chi connectivity index (χ0n) is 11.9. The van der Waals surface area contributed by atoms with Gasteiger partial charge in [-0.15, -0.1) is 0 Å². The SMILES string of the molecule is CC1CS(=O)(=O)CCN1C(=O)N1CCOC(CC(=O)O)C1. The molecule has 2 amide bonds. The molecule has 8 nitrogen and oxygen atoms in total. The summed E-state index contributed by atoms with van der Waals surface area (Å²) in [5.74, 6) is -1.01. The molecule has 2 unspecified atom stereocenters. The predicted molar refractivity (Wildman–Crippen MR) is 73.8 cm³/mol. The number of rotatable bonds is 2. The minimum atomic E-state index is -3.07. The number of morpholine rings is 1. The Bertz CT molecular complexity index is 520. The number of carbonyl (C=O) groups is 2. The van der Waals surface area contributed by atoms with E-state index in [2.05, 4.69) is 0 Å². The van der Waals surface area contributed by atoms with Crippen LogP contribution in [-0.2, 0) is 19.4 Å². The van der Waals surface area contributed by atoms with Gasteiger partial charge < -0.3 is 19.6 Å². The summed E-state index contributed by atoms with van der Waals surface area (Å²) < 4.78 is 28.4. The van der Waals surface area contributed by atoms with Gasteiger partial charge in [0.2, 0.25) is 0 Å². The van der Waals surface area contributed by atoms with Crippen LogP contribution in [0.25, 0.3) is 0 Å². The van der Waals surface area contributed by atoms with Crippen LogP contribution < -0.4 is 0 Å². The minimum Gasteiger partial charge on any atom is -0.481 e. The maximum atomic E-state index is 12.5. The Morgan fingerprint density at radius 3 is 2.67 bits per heavy atom. The first-order valence-corrected chi connectivity index (χ1v) is 8.70. The number of nitrogens with zero attached hydrogens (tertiary/aromatic N) is 2. The molecule has 2 rings (SSSR count). The van der Waals surface area contributed by atoms with Crippen molar-refractivity contribution in [2.24, 2.45) is 0 Å². The van der Waals surface area contributed by atoms with Crippen LogP contribution in [0.2, 0.25) is 0 Å². The maximum Gasteiger partial charge on any atom is 0.320 e. The Hall–Kier alpha value is -1.35. The lowest BCUT2D eigenvalue weighted by atomic mass is 10.2. The Morgan fingerprint density at radius 1 is 1.33 bits per heavy atom. The van der Waals surface area contributed by atoms with Crippen LogP contribution in [0.3, 0.4) is 0 Å². The number of carboxylic acids is 1. The Kier molecular flexibility index (Phi) is 4.72. The van der Waals surface area contributed by atoms with Gasteiger partial charge in [0.25, 0.3) is 0 Å². The van der Waals surface area contributed by atoms with Crippen LogP contribution in [0.5, 0.6) is 0 Å². The third-order valence-electron chi connectivity index (χ3n) is 3.73. The molecule has 0 aromatic rings. The van der Waals surface area contributed by atoms with E-state index in [1.165, 1.54) is 0 Å². The van der Waals surface area contributed by atoms with Gasteiger partial charge in [0.15, 0.2) is 9.84 Å². The number of hydrogen-bond acceptors (Lipinski definition) is 5. The molecule has 2 aliphatic heterocycles. The van der Waals surface area contributed by atoms with E-state index in [1.54, 1.807) is 16.7 Å². The molecule has 0 aromatic carbocycles. The fourth-order valence-corrected chi connectivity index (χ4v) is 4.23. The van der Waals surface area contributed by atoms with Crippen molar-refractivity contribution in [1.29, 1.82) is 0 Å². The third-order valence-corrected chi connectivity index (χ3v) is 5.52. The molecule has 2 atom stereocenters. The van der Waals surface area contributed by atoms with Gasteiger partial charge >= 0.3 is 12.0 Å². The third kappa shape index (κ3) is 4.07. The first-order chi connectivity index (χ1) is 9.78. The van der Waals surface area contributed by atoms with E-state index < -0.39 is 21.9 Å². The van der Waals surface area contributed by atoms with Crippen molar-refractivity contribution in [3.63, 3.8) is 0 Å². The van der Waals surface area contributed by atoms with Gasteiger partial charge in [-0.1, -0.05) is 0 Å². The number of hydrogen-bond donors (Lipinski definition) is 1. The zero-order valence-corrected chi connectivity index (χ0v) is 12.7. The van der Waals surface area contributed by atoms with Gasteiger partial charge in [-0.05, 0) is 6.92 Å². The highest BCUT2D eigenvalue weighted by Gasteiger charge is 2.35. The lowest BCUT2D eigenvalue weighted by Gasteiger charge is -2.40. The van der Waals surface area contributed by atoms with Crippen LogP contribution >= 0.6 is 0 Å². The van der Waals surface area contributed by atoms with Crippen molar-refractivity contribution in [2.75, 3.05) is 37.7 Å². The van der Waals surface area contributed by atoms with E-state index in [-0.39, 0.29) is 43.1 Å². The van der Waals surface area contributed by atoms with E-state index >= 15 is 0 Å². The van der Waals surface area contributed by atoms with Crippen LogP contribution in [0.15, 0.2) is 0 Å². The number of aliphatic carboxylic acids is 1. The summed E-state index contributed by atoms with van der Waals surface area (Å²) in [6, 6.07) is -0.604. The maximum absolute atomic E-state index is 12.5. The topological polar surface area (TPSA) is 104 Å². The monoisotopic (exact) mass is 320 g/mol. The number of urea groups is 1. The summed E-state index contributed by atoms with van der Waals surface area (Å²) >= 11 is 0. The van der Waals surface area contributed by atoms with Gasteiger partial charge in [0.1, 0.15) is 0 Å². The van der Waals surface area contributed by atoms with Crippen molar-refractivity contribution in [3.05, 3.63) is 0 Å². The highest BCUT2D eigenvalue weighted by Crippen LogP contribution is 2.16. The molecule has 0 bridgehead atoms. The molecule has 0 aromatic heterocycles. The molecule has 9 heteroatoms. The molecule has 0 radical (unpaired) electrons. The van der Waals surface area contributed by atoms with Crippen LogP contribution in [0.4, 0.5) is 4.79 Å². The summed E-state index contributed by atoms with van der Waals surface area (Å²) in [7, 11) is -3.07. The average molecular weight is 320 g/mol. The molecular formula is C12H20N2O6S. The standard InChI is InChI=1S/C12H20N2O6S/c1-9-8-21(18,19)5-3-14(9)12(17)13-2-4-20-10(7-13)6-11(15)16/h9-10H,2-8H2,1H3,(H,15,16). The second-order valence-electron chi connectivity index (χ2n) is 5.48. The molecule has 2 saturated heterocycles. The molecule has 0 saturated carbocycles. The fraction of sp³-hybridized carbons (Fsp3) is 0.833. The van der Waals surface area contributed by atoms with Gasteiger partial charge in [-0.2, -0.15) is 0 Å². The van der Waals surface area contributed by atoms with E-state index in [9.17, 15) is 18.0 Å². The zero-order chi connectivity index (χ0) is 15.6. The summed E-state index contributed by atoms with van der Waals surface area (Å²) in [6.45, 7) is 2.81. The largest absolute Gasteiger partial charge is 0.481 e. The van der Waals surface area contributed by atoms with Gasteiger partial charge in [0, 0.05) is 25.7 Å². The molecule has 21 heavy (non-hydrogen) atoms. The molecular weight excluding hydrogens is 300 g/mol. The number of amides is 2. The molecule has 2 aliphatic rings. The fourth-order valence-electron chi connectivity index (χ4n) is 2.68. The summed E-state index contributed by atoms with van der Waals surface area (Å²) in [4.78, 5) is 26.3. The molecule has 1 N–H and O–H groups in total. The summed E-state index contributed by atoms with van der Waals surface area (Å²) in [5.41, 5.74) is 0. The highest BCUT2D eigenvalue weighted by molar-refractivity contribution is 7.91. The van der Waals surface area contributed by atoms with Gasteiger partial charge in [-0.3, -0.25) is 4.79 Å². The Labute approximate surface area is 123 Å². The number of ether oxygens (including phenoxy) is 1. The highest BCUT2D eigenvalue weighted by atomic mass is 32.2. The summed E-state index contributed by atoms with van der Waals surface area (Å²) in [5, 5.41) is 8.78. The average Bonchev–Trinajstić information content (AvgIpc) is 2.36. The van der Waals surface area contributed by atoms with E-state index in [4.69, 9.17) is 9.84 Å². The predicted octanol–water partition coefficient (Wildman–Crippen LogP) is -0.599. The van der Waals surface area contributed by atoms with Crippen LogP contribution in [-0.4, -0.2) is 85.2 Å². The van der Waals surface area contributed by atoms with Crippen molar-refractivity contribution in [3.8, 4) is 0 Å². The minimum absolute atomic E-state index is 0.0219. The molecule has 0 aliphatic carbocycles.